The van der Waals surface area contributed by atoms with Crippen molar-refractivity contribution in [2.24, 2.45) is 5.92 Å². The quantitative estimate of drug-likeness (QED) is 0.604. The minimum Gasteiger partial charge on any atom is -0.337 e. The fourth-order valence-corrected chi connectivity index (χ4v) is 3.37. The SMILES string of the molecule is CC(C)C(C)(C#N)NC(=O)CSc1nnc(-c2ccncc2)n1-c1ccccc1. The van der Waals surface area contributed by atoms with Crippen LogP contribution in [0, 0.1) is 17.2 Å². The predicted molar refractivity (Wildman–Crippen MR) is 112 cm³/mol. The fourth-order valence-electron chi connectivity index (χ4n) is 2.62. The number of para-hydroxylation sites is 1. The first-order valence-electron chi connectivity index (χ1n) is 9.21. The number of benzene rings is 1. The molecule has 148 valence electrons. The second kappa shape index (κ2) is 8.88. The van der Waals surface area contributed by atoms with Gasteiger partial charge in [-0.3, -0.25) is 14.3 Å². The molecule has 0 aliphatic carbocycles. The van der Waals surface area contributed by atoms with E-state index in [4.69, 9.17) is 0 Å². The van der Waals surface area contributed by atoms with Crippen molar-refractivity contribution in [2.75, 3.05) is 5.75 Å². The van der Waals surface area contributed by atoms with E-state index in [1.807, 2.05) is 60.9 Å². The van der Waals surface area contributed by atoms with Gasteiger partial charge in [-0.25, -0.2) is 0 Å². The van der Waals surface area contributed by atoms with Crippen LogP contribution in [0.25, 0.3) is 17.1 Å². The Hall–Kier alpha value is -3.18. The molecule has 0 aliphatic rings. The van der Waals surface area contributed by atoms with E-state index in [1.165, 1.54) is 11.8 Å². The Bertz CT molecular complexity index is 1010. The Morgan fingerprint density at radius 3 is 2.52 bits per heavy atom. The zero-order valence-electron chi connectivity index (χ0n) is 16.5. The van der Waals surface area contributed by atoms with Crippen molar-refractivity contribution in [1.29, 1.82) is 5.26 Å². The summed E-state index contributed by atoms with van der Waals surface area (Å²) in [5, 5.41) is 21.5. The highest BCUT2D eigenvalue weighted by molar-refractivity contribution is 7.99. The summed E-state index contributed by atoms with van der Waals surface area (Å²) in [4.78, 5) is 16.5. The van der Waals surface area contributed by atoms with Crippen molar-refractivity contribution in [3.05, 3.63) is 54.9 Å². The zero-order valence-corrected chi connectivity index (χ0v) is 17.3. The van der Waals surface area contributed by atoms with E-state index in [9.17, 15) is 10.1 Å². The molecular formula is C21H22N6OS. The van der Waals surface area contributed by atoms with Crippen molar-refractivity contribution >= 4 is 17.7 Å². The normalized spacial score (nSPS) is 12.9. The summed E-state index contributed by atoms with van der Waals surface area (Å²) in [7, 11) is 0. The van der Waals surface area contributed by atoms with E-state index < -0.39 is 5.54 Å². The number of hydrogen-bond acceptors (Lipinski definition) is 6. The largest absolute Gasteiger partial charge is 0.337 e. The highest BCUT2D eigenvalue weighted by Crippen LogP contribution is 2.27. The third-order valence-electron chi connectivity index (χ3n) is 4.70. The maximum atomic E-state index is 12.5. The monoisotopic (exact) mass is 406 g/mol. The van der Waals surface area contributed by atoms with Gasteiger partial charge in [0, 0.05) is 23.6 Å². The van der Waals surface area contributed by atoms with Crippen LogP contribution in [-0.4, -0.2) is 36.9 Å². The summed E-state index contributed by atoms with van der Waals surface area (Å²) in [6, 6.07) is 15.7. The Morgan fingerprint density at radius 1 is 1.21 bits per heavy atom. The third-order valence-corrected chi connectivity index (χ3v) is 5.63. The number of carbonyl (C=O) groups is 1. The molecule has 8 heteroatoms. The molecule has 0 aliphatic heterocycles. The first-order valence-corrected chi connectivity index (χ1v) is 10.2. The van der Waals surface area contributed by atoms with Gasteiger partial charge in [0.2, 0.25) is 5.91 Å². The van der Waals surface area contributed by atoms with Gasteiger partial charge in [0.1, 0.15) is 5.54 Å². The van der Waals surface area contributed by atoms with Crippen LogP contribution < -0.4 is 5.32 Å². The summed E-state index contributed by atoms with van der Waals surface area (Å²) in [5.74, 6) is 0.574. The Balaban J connectivity index is 1.86. The maximum absolute atomic E-state index is 12.5. The Labute approximate surface area is 174 Å². The molecule has 7 nitrogen and oxygen atoms in total. The van der Waals surface area contributed by atoms with Crippen LogP contribution in [0.2, 0.25) is 0 Å². The maximum Gasteiger partial charge on any atom is 0.231 e. The number of pyridine rings is 1. The lowest BCUT2D eigenvalue weighted by atomic mass is 9.90. The Kier molecular flexibility index (Phi) is 6.29. The van der Waals surface area contributed by atoms with Gasteiger partial charge in [-0.05, 0) is 37.1 Å². The van der Waals surface area contributed by atoms with Crippen molar-refractivity contribution < 1.29 is 4.79 Å². The molecule has 0 saturated carbocycles. The molecule has 0 radical (unpaired) electrons. The molecule has 1 aromatic carbocycles. The predicted octanol–water partition coefficient (Wildman–Crippen LogP) is 3.48. The second-order valence-corrected chi connectivity index (χ2v) is 7.96. The third kappa shape index (κ3) is 4.63. The summed E-state index contributed by atoms with van der Waals surface area (Å²) in [6.45, 7) is 5.54. The average Bonchev–Trinajstić information content (AvgIpc) is 3.17. The smallest absolute Gasteiger partial charge is 0.231 e. The number of amides is 1. The van der Waals surface area contributed by atoms with Gasteiger partial charge < -0.3 is 5.32 Å². The van der Waals surface area contributed by atoms with Crippen LogP contribution in [0.15, 0.2) is 60.0 Å². The number of aromatic nitrogens is 4. The molecule has 1 atom stereocenters. The van der Waals surface area contributed by atoms with E-state index >= 15 is 0 Å². The van der Waals surface area contributed by atoms with Crippen LogP contribution in [0.4, 0.5) is 0 Å². The molecule has 2 aromatic heterocycles. The summed E-state index contributed by atoms with van der Waals surface area (Å²) >= 11 is 1.28. The summed E-state index contributed by atoms with van der Waals surface area (Å²) in [5.41, 5.74) is 0.869. The minimum atomic E-state index is -0.910. The van der Waals surface area contributed by atoms with Crippen LogP contribution in [0.5, 0.6) is 0 Å². The highest BCUT2D eigenvalue weighted by atomic mass is 32.2. The molecule has 1 N–H and O–H groups in total. The van der Waals surface area contributed by atoms with E-state index in [0.29, 0.717) is 11.0 Å². The van der Waals surface area contributed by atoms with Crippen molar-refractivity contribution in [2.45, 2.75) is 31.5 Å². The first-order chi connectivity index (χ1) is 13.9. The number of nitrogens with one attached hydrogen (secondary N) is 1. The second-order valence-electron chi connectivity index (χ2n) is 7.02. The first kappa shape index (κ1) is 20.6. The van der Waals surface area contributed by atoms with Gasteiger partial charge in [0.15, 0.2) is 11.0 Å². The molecule has 1 amide bonds. The number of hydrogen-bond donors (Lipinski definition) is 1. The highest BCUT2D eigenvalue weighted by Gasteiger charge is 2.30. The number of carbonyl (C=O) groups excluding carboxylic acids is 1. The molecule has 0 spiro atoms. The Morgan fingerprint density at radius 2 is 1.90 bits per heavy atom. The molecule has 3 rings (SSSR count). The van der Waals surface area contributed by atoms with Crippen LogP contribution in [-0.2, 0) is 4.79 Å². The van der Waals surface area contributed by atoms with Crippen molar-refractivity contribution in [3.8, 4) is 23.1 Å². The molecule has 0 saturated heterocycles. The number of nitrogens with zero attached hydrogens (tertiary/aromatic N) is 5. The number of nitriles is 1. The molecule has 2 heterocycles. The average molecular weight is 407 g/mol. The topological polar surface area (TPSA) is 96.5 Å². The van der Waals surface area contributed by atoms with E-state index in [2.05, 4.69) is 26.6 Å². The van der Waals surface area contributed by atoms with Gasteiger partial charge in [-0.15, -0.1) is 10.2 Å². The lowest BCUT2D eigenvalue weighted by molar-refractivity contribution is -0.120. The molecule has 0 fully saturated rings. The van der Waals surface area contributed by atoms with Crippen LogP contribution in [0.3, 0.4) is 0 Å². The van der Waals surface area contributed by atoms with Gasteiger partial charge in [0.05, 0.1) is 11.8 Å². The summed E-state index contributed by atoms with van der Waals surface area (Å²) in [6.07, 6.45) is 3.41. The number of rotatable bonds is 7. The van der Waals surface area contributed by atoms with Gasteiger partial charge >= 0.3 is 0 Å². The minimum absolute atomic E-state index is 0.00675. The number of thioether (sulfide) groups is 1. The molecule has 3 aromatic rings. The van der Waals surface area contributed by atoms with Crippen molar-refractivity contribution in [3.63, 3.8) is 0 Å². The molecule has 0 bridgehead atoms. The van der Waals surface area contributed by atoms with Crippen molar-refractivity contribution in [1.82, 2.24) is 25.1 Å². The zero-order chi connectivity index (χ0) is 20.9. The van der Waals surface area contributed by atoms with Gasteiger partial charge in [-0.2, -0.15) is 5.26 Å². The van der Waals surface area contributed by atoms with Crippen LogP contribution >= 0.6 is 11.8 Å². The molecular weight excluding hydrogens is 384 g/mol. The van der Waals surface area contributed by atoms with Crippen LogP contribution in [0.1, 0.15) is 20.8 Å². The van der Waals surface area contributed by atoms with Gasteiger partial charge in [-0.1, -0.05) is 43.8 Å². The lowest BCUT2D eigenvalue weighted by Crippen LogP contribution is -2.49. The molecule has 1 unspecified atom stereocenters. The lowest BCUT2D eigenvalue weighted by Gasteiger charge is -2.27. The van der Waals surface area contributed by atoms with E-state index in [0.717, 1.165) is 11.3 Å². The van der Waals surface area contributed by atoms with Gasteiger partial charge in [0.25, 0.3) is 0 Å². The van der Waals surface area contributed by atoms with E-state index in [1.54, 1.807) is 19.3 Å². The fraction of sp³-hybridized carbons (Fsp3) is 0.286. The van der Waals surface area contributed by atoms with E-state index in [-0.39, 0.29) is 17.6 Å². The molecule has 29 heavy (non-hydrogen) atoms. The summed E-state index contributed by atoms with van der Waals surface area (Å²) < 4.78 is 1.92. The standard InChI is InChI=1S/C21H22N6OS/c1-15(2)21(3,14-22)24-18(28)13-29-20-26-25-19(16-9-11-23-12-10-16)27(20)17-7-5-4-6-8-17/h4-12,15H,13H2,1-3H3,(H,24,28).